The summed E-state index contributed by atoms with van der Waals surface area (Å²) in [7, 11) is -1.19. The first-order chi connectivity index (χ1) is 18.5. The van der Waals surface area contributed by atoms with Crippen LogP contribution in [0.4, 0.5) is 5.69 Å². The molecule has 0 bridgehead atoms. The van der Waals surface area contributed by atoms with Crippen LogP contribution in [0.1, 0.15) is 44.0 Å². The number of rotatable bonds is 12. The van der Waals surface area contributed by atoms with Crippen molar-refractivity contribution in [2.45, 2.75) is 66.0 Å². The number of anilines is 1. The molecule has 1 aliphatic rings. The topological polar surface area (TPSA) is 69.5 Å². The Kier molecular flexibility index (Phi) is 9.44. The third-order valence-electron chi connectivity index (χ3n) is 6.93. The number of hydrogen-bond acceptors (Lipinski definition) is 7. The zero-order valence-electron chi connectivity index (χ0n) is 24.7. The van der Waals surface area contributed by atoms with Gasteiger partial charge in [-0.25, -0.2) is 9.97 Å². The Bertz CT molecular complexity index is 1290. The fourth-order valence-electron chi connectivity index (χ4n) is 4.62. The van der Waals surface area contributed by atoms with Gasteiger partial charge in [0.05, 0.1) is 24.1 Å². The average molecular weight is 569 g/mol. The van der Waals surface area contributed by atoms with E-state index in [1.807, 2.05) is 37.6 Å². The van der Waals surface area contributed by atoms with E-state index < -0.39 is 13.5 Å². The number of aromatic nitrogens is 3. The molecule has 0 saturated carbocycles. The maximum Gasteiger partial charge on any atom is 0.171 e. The lowest BCUT2D eigenvalue weighted by Gasteiger charge is -2.20. The van der Waals surface area contributed by atoms with Gasteiger partial charge in [0.1, 0.15) is 18.0 Å². The van der Waals surface area contributed by atoms with E-state index in [0.717, 1.165) is 47.6 Å². The summed E-state index contributed by atoms with van der Waals surface area (Å²) in [5.41, 5.74) is 4.17. The minimum Gasteiger partial charge on any atom is -0.493 e. The molecule has 0 unspecified atom stereocenters. The van der Waals surface area contributed by atoms with Crippen molar-refractivity contribution in [1.29, 1.82) is 0 Å². The molecule has 1 fully saturated rings. The summed E-state index contributed by atoms with van der Waals surface area (Å²) in [6.45, 7) is 16.6. The Hall–Kier alpha value is -2.36. The van der Waals surface area contributed by atoms with Crippen molar-refractivity contribution in [2.75, 3.05) is 43.2 Å². The van der Waals surface area contributed by atoms with Crippen molar-refractivity contribution < 1.29 is 14.3 Å². The van der Waals surface area contributed by atoms with Crippen molar-refractivity contribution in [2.24, 2.45) is 5.41 Å². The van der Waals surface area contributed by atoms with E-state index in [4.69, 9.17) is 19.4 Å². The molecule has 0 aliphatic carbocycles. The molecule has 3 heterocycles. The highest BCUT2D eigenvalue weighted by Gasteiger charge is 2.28. The van der Waals surface area contributed by atoms with E-state index in [1.54, 1.807) is 18.0 Å². The Morgan fingerprint density at radius 1 is 1.10 bits per heavy atom. The summed E-state index contributed by atoms with van der Waals surface area (Å²) in [5.74, 6) is 1.82. The smallest absolute Gasteiger partial charge is 0.171 e. The second-order valence-electron chi connectivity index (χ2n) is 12.6. The molecule has 9 heteroatoms. The number of carbonyl (C=O) groups excluding carboxylic acids is 1. The molecule has 0 N–H and O–H groups in total. The molecule has 0 atom stereocenters. The van der Waals surface area contributed by atoms with Gasteiger partial charge < -0.3 is 18.9 Å². The maximum atomic E-state index is 13.5. The van der Waals surface area contributed by atoms with Crippen molar-refractivity contribution in [3.63, 3.8) is 0 Å². The number of benzene rings is 1. The second-order valence-corrected chi connectivity index (χ2v) is 19.2. The van der Waals surface area contributed by atoms with Gasteiger partial charge in [0.2, 0.25) is 0 Å². The van der Waals surface area contributed by atoms with Crippen LogP contribution in [0, 0.1) is 5.41 Å². The first kappa shape index (κ1) is 29.6. The van der Waals surface area contributed by atoms with Crippen LogP contribution in [0.3, 0.4) is 0 Å². The van der Waals surface area contributed by atoms with Crippen molar-refractivity contribution in [3.8, 4) is 17.0 Å². The van der Waals surface area contributed by atoms with E-state index in [0.29, 0.717) is 36.7 Å². The van der Waals surface area contributed by atoms with Crippen molar-refractivity contribution in [1.82, 2.24) is 14.5 Å². The van der Waals surface area contributed by atoms with Crippen molar-refractivity contribution in [3.05, 3.63) is 36.2 Å². The molecule has 212 valence electrons. The number of ketones is 1. The minimum absolute atomic E-state index is 0.0479. The minimum atomic E-state index is -1.19. The summed E-state index contributed by atoms with van der Waals surface area (Å²) >= 11 is 1.77. The van der Waals surface area contributed by atoms with Gasteiger partial charge in [-0.15, -0.1) is 0 Å². The summed E-state index contributed by atoms with van der Waals surface area (Å²) < 4.78 is 14.1. The maximum absolute atomic E-state index is 13.5. The molecule has 3 aromatic rings. The average Bonchev–Trinajstić information content (AvgIpc) is 3.53. The molecule has 1 saturated heterocycles. The molecule has 0 amide bonds. The van der Waals surface area contributed by atoms with Crippen LogP contribution in [0.5, 0.6) is 5.75 Å². The molecule has 39 heavy (non-hydrogen) atoms. The standard InChI is InChI=1S/C30H44N4O3SSi/c1-30(2,3)28(35)25-20-34(21-36-13-15-39(5,6)7)29-27(25)32-26(19-31-29)22-16-23(33-10-8-9-11-33)18-24(17-22)37-12-14-38-4/h16-20H,8-15,21H2,1-7H3. The van der Waals surface area contributed by atoms with Crippen molar-refractivity contribution >= 4 is 42.5 Å². The van der Waals surface area contributed by atoms with Gasteiger partial charge in [-0.2, -0.15) is 11.8 Å². The van der Waals surface area contributed by atoms with Crippen LogP contribution < -0.4 is 9.64 Å². The third-order valence-corrected chi connectivity index (χ3v) is 9.21. The van der Waals surface area contributed by atoms with Crippen LogP contribution in [0.15, 0.2) is 30.6 Å². The molecule has 1 aliphatic heterocycles. The summed E-state index contributed by atoms with van der Waals surface area (Å²) in [6, 6.07) is 7.43. The molecule has 0 radical (unpaired) electrons. The fourth-order valence-corrected chi connectivity index (χ4v) is 5.62. The van der Waals surface area contributed by atoms with Gasteiger partial charge in [0.25, 0.3) is 0 Å². The van der Waals surface area contributed by atoms with Crippen LogP contribution in [0.25, 0.3) is 22.4 Å². The predicted molar refractivity (Wildman–Crippen MR) is 166 cm³/mol. The first-order valence-corrected chi connectivity index (χ1v) is 19.1. The monoisotopic (exact) mass is 568 g/mol. The number of thioether (sulfide) groups is 1. The van der Waals surface area contributed by atoms with Gasteiger partial charge in [-0.1, -0.05) is 40.4 Å². The number of fused-ring (bicyclic) bond motifs is 1. The van der Waals surface area contributed by atoms with Crippen LogP contribution in [0.2, 0.25) is 25.7 Å². The lowest BCUT2D eigenvalue weighted by atomic mass is 9.87. The SMILES string of the molecule is CSCCOc1cc(-c2cnc3c(n2)c(C(=O)C(C)(C)C)cn3COCC[Si](C)(C)C)cc(N2CCCC2)c1. The van der Waals surface area contributed by atoms with Crippen LogP contribution in [-0.2, 0) is 11.5 Å². The molecular weight excluding hydrogens is 525 g/mol. The normalized spacial score (nSPS) is 14.4. The Morgan fingerprint density at radius 3 is 2.51 bits per heavy atom. The number of carbonyl (C=O) groups is 1. The van der Waals surface area contributed by atoms with Gasteiger partial charge in [0, 0.05) is 62.5 Å². The molecular formula is C30H44N4O3SSi. The van der Waals surface area contributed by atoms with Gasteiger partial charge in [-0.3, -0.25) is 4.79 Å². The molecule has 2 aromatic heterocycles. The Balaban J connectivity index is 1.73. The number of ether oxygens (including phenoxy) is 2. The molecule has 0 spiro atoms. The zero-order valence-corrected chi connectivity index (χ0v) is 26.5. The zero-order chi connectivity index (χ0) is 28.2. The molecule has 4 rings (SSSR count). The third kappa shape index (κ3) is 7.64. The molecule has 7 nitrogen and oxygen atoms in total. The van der Waals surface area contributed by atoms with E-state index in [1.165, 1.54) is 12.8 Å². The highest BCUT2D eigenvalue weighted by molar-refractivity contribution is 7.98. The van der Waals surface area contributed by atoms with Gasteiger partial charge in [0.15, 0.2) is 11.4 Å². The quantitative estimate of drug-likeness (QED) is 0.133. The Morgan fingerprint density at radius 2 is 1.85 bits per heavy atom. The largest absolute Gasteiger partial charge is 0.493 e. The summed E-state index contributed by atoms with van der Waals surface area (Å²) in [5, 5.41) is 0. The number of Topliss-reactive ketones (excluding diaryl/α,β-unsaturated/α-hetero) is 1. The van der Waals surface area contributed by atoms with Crippen LogP contribution >= 0.6 is 11.8 Å². The van der Waals surface area contributed by atoms with E-state index in [9.17, 15) is 4.79 Å². The highest BCUT2D eigenvalue weighted by Crippen LogP contribution is 2.33. The molecule has 1 aromatic carbocycles. The van der Waals surface area contributed by atoms with E-state index in [2.05, 4.69) is 42.9 Å². The lowest BCUT2D eigenvalue weighted by Crippen LogP contribution is -2.22. The van der Waals surface area contributed by atoms with Gasteiger partial charge in [-0.05, 0) is 37.3 Å². The summed E-state index contributed by atoms with van der Waals surface area (Å²) in [4.78, 5) is 25.8. The van der Waals surface area contributed by atoms with Crippen LogP contribution in [-0.4, -0.2) is 66.7 Å². The first-order valence-electron chi connectivity index (χ1n) is 14.0. The second kappa shape index (κ2) is 12.4. The Labute approximate surface area is 238 Å². The van der Waals surface area contributed by atoms with E-state index in [-0.39, 0.29) is 5.78 Å². The van der Waals surface area contributed by atoms with E-state index >= 15 is 0 Å². The number of hydrogen-bond donors (Lipinski definition) is 0. The fraction of sp³-hybridized carbons (Fsp3) is 0.567. The predicted octanol–water partition coefficient (Wildman–Crippen LogP) is 6.98. The highest BCUT2D eigenvalue weighted by atomic mass is 32.2. The summed E-state index contributed by atoms with van der Waals surface area (Å²) in [6.07, 6.45) is 8.16. The lowest BCUT2D eigenvalue weighted by molar-refractivity contribution is 0.0849. The number of nitrogens with zero attached hydrogens (tertiary/aromatic N) is 4. The van der Waals surface area contributed by atoms with Gasteiger partial charge >= 0.3 is 0 Å².